The third-order valence-corrected chi connectivity index (χ3v) is 6.74. The quantitative estimate of drug-likeness (QED) is 0.656. The maximum Gasteiger partial charge on any atom is 0.193 e. The Hall–Kier alpha value is -1.24. The predicted molar refractivity (Wildman–Crippen MR) is 105 cm³/mol. The van der Waals surface area contributed by atoms with Gasteiger partial charge in [0.25, 0.3) is 0 Å². The molecule has 1 aromatic rings. The number of hydrogen-bond acceptors (Lipinski definition) is 4. The molecule has 2 aliphatic heterocycles. The van der Waals surface area contributed by atoms with Gasteiger partial charge in [0.15, 0.2) is 5.96 Å². The van der Waals surface area contributed by atoms with Gasteiger partial charge in [-0.15, -0.1) is 10.2 Å². The van der Waals surface area contributed by atoms with E-state index < -0.39 is 0 Å². The number of aromatic nitrogens is 3. The summed E-state index contributed by atoms with van der Waals surface area (Å²) in [7, 11) is 0. The van der Waals surface area contributed by atoms with Gasteiger partial charge in [-0.2, -0.15) is 11.8 Å². The minimum Gasteiger partial charge on any atom is -0.357 e. The molecule has 140 valence electrons. The van der Waals surface area contributed by atoms with E-state index in [0.717, 1.165) is 63.2 Å². The van der Waals surface area contributed by atoms with Crippen LogP contribution in [0.1, 0.15) is 38.8 Å². The van der Waals surface area contributed by atoms with Gasteiger partial charge in [-0.1, -0.05) is 13.8 Å². The van der Waals surface area contributed by atoms with E-state index in [1.54, 1.807) is 0 Å². The van der Waals surface area contributed by atoms with Crippen LogP contribution in [-0.4, -0.2) is 62.8 Å². The Morgan fingerprint density at radius 2 is 2.20 bits per heavy atom. The molecule has 0 amide bonds. The molecule has 2 unspecified atom stereocenters. The third-order valence-electron chi connectivity index (χ3n) is 5.20. The second-order valence-electron chi connectivity index (χ2n) is 7.47. The van der Waals surface area contributed by atoms with Gasteiger partial charge in [0, 0.05) is 50.1 Å². The molecule has 3 rings (SSSR count). The van der Waals surface area contributed by atoms with E-state index in [9.17, 15) is 0 Å². The van der Waals surface area contributed by atoms with Crippen molar-refractivity contribution in [3.05, 3.63) is 11.6 Å². The van der Waals surface area contributed by atoms with Crippen LogP contribution in [0.15, 0.2) is 4.99 Å². The molecule has 0 aliphatic carbocycles. The fraction of sp³-hybridized carbons (Fsp3) is 0.833. The molecule has 0 saturated carbocycles. The van der Waals surface area contributed by atoms with Crippen molar-refractivity contribution in [1.82, 2.24) is 25.0 Å². The minimum absolute atomic E-state index is 0.580. The average molecular weight is 365 g/mol. The molecule has 3 heterocycles. The van der Waals surface area contributed by atoms with Crippen LogP contribution in [0.5, 0.6) is 0 Å². The normalized spacial score (nSPS) is 24.5. The zero-order chi connectivity index (χ0) is 17.8. The van der Waals surface area contributed by atoms with E-state index in [4.69, 9.17) is 4.99 Å². The van der Waals surface area contributed by atoms with Gasteiger partial charge in [-0.3, -0.25) is 4.99 Å². The van der Waals surface area contributed by atoms with Crippen LogP contribution in [0.3, 0.4) is 0 Å². The lowest BCUT2D eigenvalue weighted by molar-refractivity contribution is 0.358. The van der Waals surface area contributed by atoms with Crippen molar-refractivity contribution < 1.29 is 0 Å². The molecule has 25 heavy (non-hydrogen) atoms. The summed E-state index contributed by atoms with van der Waals surface area (Å²) >= 11 is 2.11. The van der Waals surface area contributed by atoms with Crippen LogP contribution in [0.2, 0.25) is 0 Å². The summed E-state index contributed by atoms with van der Waals surface area (Å²) in [5.41, 5.74) is 0. The van der Waals surface area contributed by atoms with Gasteiger partial charge in [0.05, 0.1) is 0 Å². The topological polar surface area (TPSA) is 58.3 Å². The predicted octanol–water partition coefficient (Wildman–Crippen LogP) is 2.19. The molecule has 1 fully saturated rings. The first-order valence-electron chi connectivity index (χ1n) is 9.62. The Bertz CT molecular complexity index is 596. The number of fused-ring (bicyclic) bond motifs is 1. The van der Waals surface area contributed by atoms with Crippen molar-refractivity contribution in [1.29, 1.82) is 0 Å². The fourth-order valence-corrected chi connectivity index (χ4v) is 4.89. The van der Waals surface area contributed by atoms with E-state index in [1.807, 2.05) is 6.92 Å². The van der Waals surface area contributed by atoms with Crippen molar-refractivity contribution in [2.45, 2.75) is 52.3 Å². The van der Waals surface area contributed by atoms with Crippen LogP contribution in [-0.2, 0) is 13.0 Å². The Morgan fingerprint density at radius 1 is 1.36 bits per heavy atom. The van der Waals surface area contributed by atoms with E-state index in [1.165, 1.54) is 5.75 Å². The summed E-state index contributed by atoms with van der Waals surface area (Å²) in [6, 6.07) is 0. The van der Waals surface area contributed by atoms with Gasteiger partial charge in [0.2, 0.25) is 0 Å². The second-order valence-corrected chi connectivity index (χ2v) is 8.82. The Labute approximate surface area is 155 Å². The van der Waals surface area contributed by atoms with Crippen molar-refractivity contribution in [2.24, 2.45) is 16.8 Å². The number of rotatable bonds is 4. The monoisotopic (exact) mass is 364 g/mol. The van der Waals surface area contributed by atoms with Gasteiger partial charge >= 0.3 is 0 Å². The van der Waals surface area contributed by atoms with Crippen molar-refractivity contribution in [3.63, 3.8) is 0 Å². The lowest BCUT2D eigenvalue weighted by Crippen LogP contribution is -2.49. The molecule has 0 radical (unpaired) electrons. The standard InChI is InChI=1S/C18H32N6S/c1-5-19-18(23-8-9-25-16(12-23)13(2)3)20-10-15-6-7-17-22-21-14(4)24(17)11-15/h13,15-16H,5-12H2,1-4H3,(H,19,20). The molecule has 1 saturated heterocycles. The average Bonchev–Trinajstić information content (AvgIpc) is 2.99. The van der Waals surface area contributed by atoms with E-state index in [2.05, 4.69) is 57.5 Å². The number of thioether (sulfide) groups is 1. The van der Waals surface area contributed by atoms with E-state index >= 15 is 0 Å². The largest absolute Gasteiger partial charge is 0.357 e. The molecular formula is C18H32N6S. The first kappa shape index (κ1) is 18.5. The highest BCUT2D eigenvalue weighted by atomic mass is 32.2. The molecule has 0 bridgehead atoms. The molecule has 2 atom stereocenters. The zero-order valence-electron chi connectivity index (χ0n) is 16.0. The first-order valence-corrected chi connectivity index (χ1v) is 10.7. The zero-order valence-corrected chi connectivity index (χ0v) is 16.8. The van der Waals surface area contributed by atoms with Crippen LogP contribution >= 0.6 is 11.8 Å². The minimum atomic E-state index is 0.580. The van der Waals surface area contributed by atoms with Gasteiger partial charge in [-0.25, -0.2) is 0 Å². The second kappa shape index (κ2) is 8.43. The highest BCUT2D eigenvalue weighted by molar-refractivity contribution is 8.00. The van der Waals surface area contributed by atoms with Gasteiger partial charge in [-0.05, 0) is 32.1 Å². The lowest BCUT2D eigenvalue weighted by atomic mass is 9.99. The summed E-state index contributed by atoms with van der Waals surface area (Å²) in [4.78, 5) is 7.47. The molecule has 1 aromatic heterocycles. The van der Waals surface area contributed by atoms with Crippen LogP contribution in [0.25, 0.3) is 0 Å². The molecule has 7 heteroatoms. The number of nitrogens with zero attached hydrogens (tertiary/aromatic N) is 5. The summed E-state index contributed by atoms with van der Waals surface area (Å²) in [5.74, 6) is 5.75. The molecule has 6 nitrogen and oxygen atoms in total. The Kier molecular flexibility index (Phi) is 6.25. The number of aliphatic imine (C=N–C) groups is 1. The molecular weight excluding hydrogens is 332 g/mol. The molecule has 0 aromatic carbocycles. The maximum atomic E-state index is 5.01. The number of aryl methyl sites for hydroxylation is 2. The van der Waals surface area contributed by atoms with Crippen LogP contribution in [0, 0.1) is 18.8 Å². The number of hydrogen-bond donors (Lipinski definition) is 1. The lowest BCUT2D eigenvalue weighted by Gasteiger charge is -2.36. The summed E-state index contributed by atoms with van der Waals surface area (Å²) in [6.45, 7) is 13.9. The van der Waals surface area contributed by atoms with Crippen LogP contribution < -0.4 is 5.32 Å². The number of nitrogens with one attached hydrogen (secondary N) is 1. The molecule has 2 aliphatic rings. The van der Waals surface area contributed by atoms with Crippen molar-refractivity contribution in [2.75, 3.05) is 31.9 Å². The van der Waals surface area contributed by atoms with Crippen LogP contribution in [0.4, 0.5) is 0 Å². The SMILES string of the molecule is CCNC(=NCC1CCc2nnc(C)n2C1)N1CCSC(C(C)C)C1. The Balaban J connectivity index is 1.63. The van der Waals surface area contributed by atoms with Gasteiger partial charge in [0.1, 0.15) is 11.6 Å². The highest BCUT2D eigenvalue weighted by Crippen LogP contribution is 2.25. The van der Waals surface area contributed by atoms with Crippen molar-refractivity contribution >= 4 is 17.7 Å². The summed E-state index contributed by atoms with van der Waals surface area (Å²) in [5, 5.41) is 12.7. The smallest absolute Gasteiger partial charge is 0.193 e. The van der Waals surface area contributed by atoms with E-state index in [-0.39, 0.29) is 0 Å². The molecule has 0 spiro atoms. The number of guanidine groups is 1. The summed E-state index contributed by atoms with van der Waals surface area (Å²) in [6.07, 6.45) is 2.18. The fourth-order valence-electron chi connectivity index (χ4n) is 3.59. The summed E-state index contributed by atoms with van der Waals surface area (Å²) < 4.78 is 2.27. The molecule has 1 N–H and O–H groups in total. The van der Waals surface area contributed by atoms with E-state index in [0.29, 0.717) is 17.1 Å². The third kappa shape index (κ3) is 4.49. The Morgan fingerprint density at radius 3 is 2.96 bits per heavy atom. The van der Waals surface area contributed by atoms with Crippen molar-refractivity contribution in [3.8, 4) is 0 Å². The van der Waals surface area contributed by atoms with Gasteiger partial charge < -0.3 is 14.8 Å². The highest BCUT2D eigenvalue weighted by Gasteiger charge is 2.26. The first-order chi connectivity index (χ1) is 12.1. The maximum absolute atomic E-state index is 5.01.